The largest absolute Gasteiger partial charge is 0.459 e. The highest BCUT2D eigenvalue weighted by Crippen LogP contribution is 2.68. The van der Waals surface area contributed by atoms with Crippen molar-refractivity contribution in [2.24, 2.45) is 34.5 Å². The number of terminal acetylenes is 1. The number of aliphatic hydroxyl groups excluding tert-OH is 2. The van der Waals surface area contributed by atoms with Crippen molar-refractivity contribution in [3.8, 4) is 12.3 Å². The standard InChI is InChI=1S/C23H34O5/c1-5-23(27)19(26)12-17-14-6-7-16-20(28-13(2)24)18(25)9-10-21(16,3)15(14)8-11-22(17,23)4/h1,14-20,25-27H,6-12H2,2-4H3/t14-,15-,16?,17+,18?,19?,20?,21-,22+,23?/m1/s1. The van der Waals surface area contributed by atoms with Gasteiger partial charge in [-0.2, -0.15) is 0 Å². The molecule has 10 atom stereocenters. The van der Waals surface area contributed by atoms with Crippen molar-refractivity contribution >= 4 is 5.97 Å². The molecule has 0 aliphatic heterocycles. The van der Waals surface area contributed by atoms with Crippen LogP contribution in [0.3, 0.4) is 0 Å². The lowest BCUT2D eigenvalue weighted by Gasteiger charge is -2.62. The van der Waals surface area contributed by atoms with Crippen molar-refractivity contribution in [2.45, 2.75) is 89.6 Å². The number of carbonyl (C=O) groups is 1. The Morgan fingerprint density at radius 3 is 2.43 bits per heavy atom. The maximum absolute atomic E-state index is 11.6. The third-order valence-electron chi connectivity index (χ3n) is 9.44. The normalized spacial score (nSPS) is 55.4. The Kier molecular flexibility index (Phi) is 4.65. The summed E-state index contributed by atoms with van der Waals surface area (Å²) in [6, 6.07) is 0. The van der Waals surface area contributed by atoms with Crippen molar-refractivity contribution in [3.05, 3.63) is 0 Å². The highest BCUT2D eigenvalue weighted by atomic mass is 16.6. The molecular weight excluding hydrogens is 356 g/mol. The first kappa shape index (κ1) is 20.2. The zero-order valence-electron chi connectivity index (χ0n) is 17.2. The molecule has 4 fully saturated rings. The van der Waals surface area contributed by atoms with Crippen molar-refractivity contribution in [2.75, 3.05) is 0 Å². The summed E-state index contributed by atoms with van der Waals surface area (Å²) in [6.07, 6.45) is 9.51. The van der Waals surface area contributed by atoms with Gasteiger partial charge in [0.1, 0.15) is 6.10 Å². The number of hydrogen-bond acceptors (Lipinski definition) is 5. The molecule has 0 aromatic carbocycles. The van der Waals surface area contributed by atoms with Crippen LogP contribution in [-0.4, -0.2) is 45.2 Å². The van der Waals surface area contributed by atoms with E-state index in [9.17, 15) is 20.1 Å². The van der Waals surface area contributed by atoms with Crippen LogP contribution in [0.2, 0.25) is 0 Å². The van der Waals surface area contributed by atoms with Gasteiger partial charge in [0.15, 0.2) is 5.60 Å². The van der Waals surface area contributed by atoms with Gasteiger partial charge in [-0.15, -0.1) is 6.42 Å². The molecule has 5 heteroatoms. The quantitative estimate of drug-likeness (QED) is 0.472. The van der Waals surface area contributed by atoms with Crippen LogP contribution in [0.5, 0.6) is 0 Å². The van der Waals surface area contributed by atoms with E-state index in [1.165, 1.54) is 6.92 Å². The van der Waals surface area contributed by atoms with Crippen LogP contribution >= 0.6 is 0 Å². The minimum atomic E-state index is -1.45. The van der Waals surface area contributed by atoms with Gasteiger partial charge in [0.2, 0.25) is 0 Å². The number of ether oxygens (including phenoxy) is 1. The van der Waals surface area contributed by atoms with Gasteiger partial charge in [-0.1, -0.05) is 19.8 Å². The molecular formula is C23H34O5. The fourth-order valence-electron chi connectivity index (χ4n) is 7.92. The predicted molar refractivity (Wildman–Crippen MR) is 104 cm³/mol. The van der Waals surface area contributed by atoms with Gasteiger partial charge >= 0.3 is 5.97 Å². The van der Waals surface area contributed by atoms with E-state index < -0.39 is 29.3 Å². The minimum absolute atomic E-state index is 0.00854. The van der Waals surface area contributed by atoms with Crippen LogP contribution in [0.25, 0.3) is 0 Å². The predicted octanol–water partition coefficient (Wildman–Crippen LogP) is 2.27. The summed E-state index contributed by atoms with van der Waals surface area (Å²) in [5.41, 5.74) is -1.93. The Morgan fingerprint density at radius 2 is 1.79 bits per heavy atom. The molecule has 5 unspecified atom stereocenters. The van der Waals surface area contributed by atoms with E-state index in [0.29, 0.717) is 24.7 Å². The molecule has 3 N–H and O–H groups in total. The summed E-state index contributed by atoms with van der Waals surface area (Å²) in [5, 5.41) is 32.3. The average molecular weight is 391 g/mol. The molecule has 0 aromatic rings. The Bertz CT molecular complexity index is 700. The second kappa shape index (κ2) is 6.45. The zero-order chi connectivity index (χ0) is 20.5. The fourth-order valence-corrected chi connectivity index (χ4v) is 7.92. The summed E-state index contributed by atoms with van der Waals surface area (Å²) in [5.74, 6) is 3.39. The van der Waals surface area contributed by atoms with E-state index in [4.69, 9.17) is 11.2 Å². The Morgan fingerprint density at radius 1 is 1.07 bits per heavy atom. The fraction of sp³-hybridized carbons (Fsp3) is 0.870. The van der Waals surface area contributed by atoms with E-state index >= 15 is 0 Å². The van der Waals surface area contributed by atoms with Gasteiger partial charge in [0, 0.05) is 18.3 Å². The zero-order valence-corrected chi connectivity index (χ0v) is 17.2. The topological polar surface area (TPSA) is 87.0 Å². The molecule has 28 heavy (non-hydrogen) atoms. The van der Waals surface area contributed by atoms with Crippen LogP contribution in [0, 0.1) is 46.8 Å². The third-order valence-corrected chi connectivity index (χ3v) is 9.44. The number of rotatable bonds is 1. The number of carbonyl (C=O) groups excluding carboxylic acids is 1. The minimum Gasteiger partial charge on any atom is -0.459 e. The second-order valence-corrected chi connectivity index (χ2v) is 10.4. The summed E-state index contributed by atoms with van der Waals surface area (Å²) in [4.78, 5) is 11.6. The second-order valence-electron chi connectivity index (χ2n) is 10.4. The van der Waals surface area contributed by atoms with Gasteiger partial charge < -0.3 is 20.1 Å². The first-order chi connectivity index (χ1) is 13.1. The first-order valence-corrected chi connectivity index (χ1v) is 10.8. The van der Waals surface area contributed by atoms with Gasteiger partial charge in [0.25, 0.3) is 0 Å². The van der Waals surface area contributed by atoms with Crippen LogP contribution in [0.4, 0.5) is 0 Å². The van der Waals surface area contributed by atoms with Crippen LogP contribution in [-0.2, 0) is 9.53 Å². The number of hydrogen-bond donors (Lipinski definition) is 3. The van der Waals surface area contributed by atoms with Crippen LogP contribution in [0.15, 0.2) is 0 Å². The Balaban J connectivity index is 1.66. The third kappa shape index (κ3) is 2.47. The van der Waals surface area contributed by atoms with E-state index in [-0.39, 0.29) is 23.2 Å². The molecule has 0 amide bonds. The summed E-state index contributed by atoms with van der Waals surface area (Å²) >= 11 is 0. The molecule has 0 radical (unpaired) electrons. The highest BCUT2D eigenvalue weighted by molar-refractivity contribution is 5.66. The van der Waals surface area contributed by atoms with Gasteiger partial charge in [-0.25, -0.2) is 0 Å². The molecule has 4 aliphatic carbocycles. The van der Waals surface area contributed by atoms with Gasteiger partial charge in [-0.3, -0.25) is 4.79 Å². The van der Waals surface area contributed by atoms with Crippen molar-refractivity contribution in [1.29, 1.82) is 0 Å². The van der Waals surface area contributed by atoms with E-state index in [1.54, 1.807) is 0 Å². The average Bonchev–Trinajstić information content (AvgIpc) is 2.85. The lowest BCUT2D eigenvalue weighted by molar-refractivity contribution is -0.199. The molecule has 0 saturated heterocycles. The maximum atomic E-state index is 11.6. The Hall–Kier alpha value is -1.09. The maximum Gasteiger partial charge on any atom is 0.303 e. The first-order valence-electron chi connectivity index (χ1n) is 10.8. The summed E-state index contributed by atoms with van der Waals surface area (Å²) in [6.45, 7) is 5.78. The lowest BCUT2D eigenvalue weighted by Crippen LogP contribution is -2.60. The number of aliphatic hydroxyl groups is 3. The van der Waals surface area contributed by atoms with Crippen molar-refractivity contribution < 1.29 is 24.9 Å². The van der Waals surface area contributed by atoms with E-state index in [0.717, 1.165) is 32.1 Å². The van der Waals surface area contributed by atoms with E-state index in [2.05, 4.69) is 19.8 Å². The SMILES string of the molecule is C#CC1(O)C(O)C[C@H]2[C@@H]3CCC4C(OC(C)=O)C(O)CC[C@]4(C)[C@@H]3CC[C@@]21C. The number of esters is 1. The van der Waals surface area contributed by atoms with Crippen molar-refractivity contribution in [1.82, 2.24) is 0 Å². The molecule has 156 valence electrons. The Labute approximate surface area is 167 Å². The smallest absolute Gasteiger partial charge is 0.303 e. The van der Waals surface area contributed by atoms with Gasteiger partial charge in [0.05, 0.1) is 12.2 Å². The number of fused-ring (bicyclic) bond motifs is 5. The molecule has 4 aliphatic rings. The van der Waals surface area contributed by atoms with Crippen LogP contribution in [0.1, 0.15) is 65.7 Å². The summed E-state index contributed by atoms with van der Waals surface area (Å²) < 4.78 is 5.60. The molecule has 4 rings (SSSR count). The molecule has 0 heterocycles. The van der Waals surface area contributed by atoms with Crippen LogP contribution < -0.4 is 0 Å². The lowest BCUT2D eigenvalue weighted by atomic mass is 9.44. The molecule has 0 aromatic heterocycles. The molecule has 0 spiro atoms. The molecule has 5 nitrogen and oxygen atoms in total. The molecule has 4 saturated carbocycles. The van der Waals surface area contributed by atoms with Crippen molar-refractivity contribution in [3.63, 3.8) is 0 Å². The molecule has 0 bridgehead atoms. The van der Waals surface area contributed by atoms with E-state index in [1.807, 2.05) is 0 Å². The monoisotopic (exact) mass is 390 g/mol. The highest BCUT2D eigenvalue weighted by Gasteiger charge is 2.68. The summed E-state index contributed by atoms with van der Waals surface area (Å²) in [7, 11) is 0. The van der Waals surface area contributed by atoms with Gasteiger partial charge in [-0.05, 0) is 68.1 Å².